The molecule has 0 spiro atoms. The number of aryl methyl sites for hydroxylation is 2. The van der Waals surface area contributed by atoms with E-state index in [9.17, 15) is 14.7 Å². The van der Waals surface area contributed by atoms with Crippen LogP contribution in [0.4, 0.5) is 17.3 Å². The summed E-state index contributed by atoms with van der Waals surface area (Å²) in [5.41, 5.74) is 3.05. The zero-order valence-corrected chi connectivity index (χ0v) is 22.7. The number of para-hydroxylation sites is 1. The van der Waals surface area contributed by atoms with E-state index < -0.39 is 11.9 Å². The number of hydrogen-bond donors (Lipinski definition) is 1. The molecule has 0 radical (unpaired) electrons. The van der Waals surface area contributed by atoms with Gasteiger partial charge in [0, 0.05) is 5.69 Å². The average molecular weight is 555 g/mol. The van der Waals surface area contributed by atoms with Gasteiger partial charge in [-0.15, -0.1) is 0 Å². The van der Waals surface area contributed by atoms with Crippen LogP contribution >= 0.6 is 12.2 Å². The molecule has 5 rings (SSSR count). The quantitative estimate of drug-likeness (QED) is 0.154. The molecule has 1 unspecified atom stereocenters. The van der Waals surface area contributed by atoms with Crippen molar-refractivity contribution in [3.8, 4) is 0 Å². The number of anilines is 2. The van der Waals surface area contributed by atoms with Gasteiger partial charge in [-0.05, 0) is 59.6 Å². The van der Waals surface area contributed by atoms with Gasteiger partial charge in [0.2, 0.25) is 11.2 Å². The Kier molecular flexibility index (Phi) is 7.65. The summed E-state index contributed by atoms with van der Waals surface area (Å²) in [6, 6.07) is 24.1. The minimum Gasteiger partial charge on any atom is -0.858 e. The lowest BCUT2D eigenvalue weighted by Crippen LogP contribution is -2.42. The highest BCUT2D eigenvalue weighted by atomic mass is 32.1. The van der Waals surface area contributed by atoms with Gasteiger partial charge in [-0.25, -0.2) is 4.99 Å². The lowest BCUT2D eigenvalue weighted by Gasteiger charge is -2.22. The van der Waals surface area contributed by atoms with Gasteiger partial charge in [-0.3, -0.25) is 19.0 Å². The molecule has 1 saturated heterocycles. The van der Waals surface area contributed by atoms with Crippen molar-refractivity contribution in [1.82, 2.24) is 10.2 Å². The van der Waals surface area contributed by atoms with Crippen molar-refractivity contribution in [3.05, 3.63) is 102 Å². The molecule has 1 N–H and O–H groups in total. The Hall–Kier alpha value is -4.90. The number of aromatic nitrogens is 2. The second kappa shape index (κ2) is 11.5. The molecule has 11 heteroatoms. The number of aliphatic imine (C=N–C) groups is 1. The number of hydrogen-bond acceptors (Lipinski definition) is 7. The minimum absolute atomic E-state index is 0.00660. The van der Waals surface area contributed by atoms with Gasteiger partial charge in [0.05, 0.1) is 12.1 Å². The Morgan fingerprint density at radius 1 is 1.07 bits per heavy atom. The predicted molar refractivity (Wildman–Crippen MR) is 151 cm³/mol. The van der Waals surface area contributed by atoms with Crippen LogP contribution in [0.2, 0.25) is 0 Å². The molecule has 1 aliphatic heterocycles. The van der Waals surface area contributed by atoms with E-state index in [0.29, 0.717) is 22.6 Å². The van der Waals surface area contributed by atoms with Crippen molar-refractivity contribution < 1.29 is 23.9 Å². The summed E-state index contributed by atoms with van der Waals surface area (Å²) in [7, 11) is 1.64. The summed E-state index contributed by atoms with van der Waals surface area (Å²) in [4.78, 5) is 34.0. The first-order chi connectivity index (χ1) is 19.3. The first kappa shape index (κ1) is 26.7. The molecular weight excluding hydrogens is 528 g/mol. The van der Waals surface area contributed by atoms with E-state index in [1.165, 1.54) is 9.58 Å². The molecule has 40 heavy (non-hydrogen) atoms. The highest BCUT2D eigenvalue weighted by Gasteiger charge is 2.46. The van der Waals surface area contributed by atoms with Gasteiger partial charge in [-0.2, -0.15) is 0 Å². The Labute approximate surface area is 236 Å². The zero-order chi connectivity index (χ0) is 28.2. The van der Waals surface area contributed by atoms with Crippen LogP contribution in [0, 0.1) is 6.92 Å². The monoisotopic (exact) mass is 554 g/mol. The third kappa shape index (κ3) is 5.59. The number of thiocarbonyl (C=S) groups is 1. The van der Waals surface area contributed by atoms with Crippen molar-refractivity contribution in [2.45, 2.75) is 25.9 Å². The third-order valence-corrected chi connectivity index (χ3v) is 6.90. The highest BCUT2D eigenvalue weighted by molar-refractivity contribution is 7.80. The average Bonchev–Trinajstić information content (AvgIpc) is 3.41. The van der Waals surface area contributed by atoms with Crippen LogP contribution in [0.15, 0.2) is 94.4 Å². The molecule has 1 aliphatic rings. The molecule has 0 saturated carbocycles. The van der Waals surface area contributed by atoms with Crippen LogP contribution < -0.4 is 20.0 Å². The maximum atomic E-state index is 13.8. The number of benzene rings is 3. The Bertz CT molecular complexity index is 1570. The summed E-state index contributed by atoms with van der Waals surface area (Å²) >= 11 is 5.78. The van der Waals surface area contributed by atoms with Gasteiger partial charge < -0.3 is 15.3 Å². The van der Waals surface area contributed by atoms with Gasteiger partial charge in [0.15, 0.2) is 12.2 Å². The standard InChI is InChI=1S/C29H26N6O4S/c1-19-13-15-22(16-14-19)35-28(38)23(17-25(36)30-21-11-7-4-8-12-21)34(29(35)40)18-24-27(39-32-33(24)2)31-26(37)20-9-5-3-6-10-20/h3-16,23H,17-18H2,1-2H3,(H-,30,31,32,36,37). The van der Waals surface area contributed by atoms with Crippen molar-refractivity contribution in [3.63, 3.8) is 0 Å². The summed E-state index contributed by atoms with van der Waals surface area (Å²) < 4.78 is 6.79. The van der Waals surface area contributed by atoms with Crippen molar-refractivity contribution in [2.24, 2.45) is 12.0 Å². The normalized spacial score (nSPS) is 15.6. The number of amides is 2. The number of rotatable bonds is 8. The molecule has 1 atom stereocenters. The van der Waals surface area contributed by atoms with E-state index in [-0.39, 0.29) is 35.8 Å². The van der Waals surface area contributed by atoms with E-state index in [1.807, 2.05) is 49.4 Å². The molecule has 2 amide bonds. The van der Waals surface area contributed by atoms with Crippen LogP contribution in [0.3, 0.4) is 0 Å². The molecule has 0 bridgehead atoms. The van der Waals surface area contributed by atoms with Gasteiger partial charge in [0.25, 0.3) is 11.6 Å². The smallest absolute Gasteiger partial charge is 0.325 e. The number of carbonyl (C=O) groups is 2. The van der Waals surface area contributed by atoms with Gasteiger partial charge >= 0.3 is 5.88 Å². The second-order valence-corrected chi connectivity index (χ2v) is 9.65. The van der Waals surface area contributed by atoms with E-state index in [4.69, 9.17) is 16.7 Å². The maximum absolute atomic E-state index is 13.8. The van der Waals surface area contributed by atoms with Gasteiger partial charge in [-0.1, -0.05) is 66.2 Å². The maximum Gasteiger partial charge on any atom is 0.325 e. The molecule has 202 valence electrons. The first-order valence-corrected chi connectivity index (χ1v) is 12.9. The Morgan fingerprint density at radius 2 is 1.73 bits per heavy atom. The molecule has 4 aromatic rings. The second-order valence-electron chi connectivity index (χ2n) is 9.29. The van der Waals surface area contributed by atoms with Crippen molar-refractivity contribution in [2.75, 3.05) is 10.2 Å². The lowest BCUT2D eigenvalue weighted by molar-refractivity contribution is -0.746. The van der Waals surface area contributed by atoms with Crippen LogP contribution in [-0.2, 0) is 23.2 Å². The Morgan fingerprint density at radius 3 is 2.40 bits per heavy atom. The molecular formula is C29H26N6O4S. The lowest BCUT2D eigenvalue weighted by atomic mass is 10.1. The number of nitrogens with one attached hydrogen (secondary N) is 1. The van der Waals surface area contributed by atoms with E-state index in [0.717, 1.165) is 5.56 Å². The SMILES string of the molecule is Cc1ccc(N2C(=O)C(CC(=O)Nc3ccccc3)N(Cc3c(/N=C(\[O-])c4ccccc4)on[n+]3C)C2=S)cc1. The largest absolute Gasteiger partial charge is 0.858 e. The van der Waals surface area contributed by atoms with Crippen molar-refractivity contribution in [1.29, 1.82) is 0 Å². The molecule has 1 fully saturated rings. The molecule has 3 aromatic carbocycles. The fourth-order valence-electron chi connectivity index (χ4n) is 4.35. The zero-order valence-electron chi connectivity index (χ0n) is 21.9. The molecule has 10 nitrogen and oxygen atoms in total. The fraction of sp³-hybridized carbons (Fsp3) is 0.172. The van der Waals surface area contributed by atoms with Crippen molar-refractivity contribution >= 4 is 52.3 Å². The summed E-state index contributed by atoms with van der Waals surface area (Å²) in [5.74, 6) is -1.19. The third-order valence-electron chi connectivity index (χ3n) is 6.48. The topological polar surface area (TPSA) is 118 Å². The van der Waals surface area contributed by atoms with E-state index >= 15 is 0 Å². The van der Waals surface area contributed by atoms with Gasteiger partial charge in [0.1, 0.15) is 12.6 Å². The van der Waals surface area contributed by atoms with E-state index in [1.54, 1.807) is 54.4 Å². The predicted octanol–water partition coefficient (Wildman–Crippen LogP) is 2.78. The van der Waals surface area contributed by atoms with Crippen LogP contribution in [0.25, 0.3) is 0 Å². The highest BCUT2D eigenvalue weighted by Crippen LogP contribution is 2.30. The Balaban J connectivity index is 1.47. The van der Waals surface area contributed by atoms with Crippen LogP contribution in [0.5, 0.6) is 0 Å². The molecule has 0 aliphatic carbocycles. The fourth-order valence-corrected chi connectivity index (χ4v) is 4.74. The summed E-state index contributed by atoms with van der Waals surface area (Å²) in [5, 5.41) is 19.7. The summed E-state index contributed by atoms with van der Waals surface area (Å²) in [6.45, 7) is 1.97. The van der Waals surface area contributed by atoms with E-state index in [2.05, 4.69) is 15.6 Å². The minimum atomic E-state index is -0.912. The van der Waals surface area contributed by atoms with Crippen LogP contribution in [0.1, 0.15) is 23.2 Å². The molecule has 1 aromatic heterocycles. The first-order valence-electron chi connectivity index (χ1n) is 12.5. The summed E-state index contributed by atoms with van der Waals surface area (Å²) in [6.07, 6.45) is -0.152. The van der Waals surface area contributed by atoms with Crippen LogP contribution in [-0.4, -0.2) is 39.0 Å². The number of carbonyl (C=O) groups excluding carboxylic acids is 2. The molecule has 2 heterocycles. The number of nitrogens with zero attached hydrogens (tertiary/aromatic N) is 5.